The Hall–Kier alpha value is -3.87. The number of nitrogens with one attached hydrogen (secondary N) is 1. The van der Waals surface area contributed by atoms with Crippen LogP contribution in [0.5, 0.6) is 0 Å². The van der Waals surface area contributed by atoms with Crippen molar-refractivity contribution in [3.05, 3.63) is 102 Å². The van der Waals surface area contributed by atoms with E-state index < -0.39 is 17.5 Å². The normalized spacial score (nSPS) is 10.7. The van der Waals surface area contributed by atoms with Gasteiger partial charge in [-0.15, -0.1) is 0 Å². The second-order valence-electron chi connectivity index (χ2n) is 6.27. The Balaban J connectivity index is 1.75. The third-order valence-corrected chi connectivity index (χ3v) is 4.26. The lowest BCUT2D eigenvalue weighted by Gasteiger charge is -2.08. The van der Waals surface area contributed by atoms with Gasteiger partial charge in [0.25, 0.3) is 5.91 Å². The number of hydrogen-bond acceptors (Lipinski definition) is 2. The number of benzene rings is 3. The first-order chi connectivity index (χ1) is 14.0. The van der Waals surface area contributed by atoms with E-state index in [4.69, 9.17) is 0 Å². The maximum Gasteiger partial charge on any atom is 0.274 e. The number of halogens is 3. The average Bonchev–Trinajstić information content (AvgIpc) is 3.16. The monoisotopic (exact) mass is 393 g/mol. The van der Waals surface area contributed by atoms with Crippen molar-refractivity contribution >= 4 is 11.6 Å². The maximum absolute atomic E-state index is 13.3. The molecule has 0 aliphatic heterocycles. The lowest BCUT2D eigenvalue weighted by atomic mass is 10.1. The zero-order chi connectivity index (χ0) is 20.4. The number of nitrogens with zero attached hydrogens (tertiary/aromatic N) is 2. The molecule has 3 aromatic carbocycles. The van der Waals surface area contributed by atoms with Crippen LogP contribution in [-0.2, 0) is 0 Å². The molecule has 0 aliphatic carbocycles. The van der Waals surface area contributed by atoms with Gasteiger partial charge in [0.2, 0.25) is 0 Å². The highest BCUT2D eigenvalue weighted by Gasteiger charge is 2.18. The summed E-state index contributed by atoms with van der Waals surface area (Å²) in [5.74, 6) is -1.71. The van der Waals surface area contributed by atoms with Gasteiger partial charge in [-0.3, -0.25) is 4.79 Å². The van der Waals surface area contributed by atoms with Gasteiger partial charge < -0.3 is 5.32 Å². The molecule has 144 valence electrons. The van der Waals surface area contributed by atoms with Crippen molar-refractivity contribution < 1.29 is 18.0 Å². The summed E-state index contributed by atoms with van der Waals surface area (Å²) in [6.07, 6.45) is 0. The predicted molar refractivity (Wildman–Crippen MR) is 103 cm³/mol. The SMILES string of the molecule is O=C(Nc1ccc(F)cc1)c1cc(-c2ccc(F)cc2)nn1-c1ccc(F)cc1. The van der Waals surface area contributed by atoms with Crippen molar-refractivity contribution in [2.75, 3.05) is 5.32 Å². The van der Waals surface area contributed by atoms with Crippen LogP contribution in [0.4, 0.5) is 18.9 Å². The fourth-order valence-electron chi connectivity index (χ4n) is 2.81. The number of carbonyl (C=O) groups excluding carboxylic acids is 1. The summed E-state index contributed by atoms with van der Waals surface area (Å²) in [4.78, 5) is 12.9. The van der Waals surface area contributed by atoms with Crippen molar-refractivity contribution in [2.24, 2.45) is 0 Å². The number of amides is 1. The lowest BCUT2D eigenvalue weighted by Crippen LogP contribution is -2.17. The molecule has 0 spiro atoms. The molecule has 0 unspecified atom stereocenters. The molecule has 1 heterocycles. The van der Waals surface area contributed by atoms with Crippen LogP contribution in [0.3, 0.4) is 0 Å². The van der Waals surface area contributed by atoms with Gasteiger partial charge in [0, 0.05) is 11.3 Å². The molecular weight excluding hydrogens is 379 g/mol. The summed E-state index contributed by atoms with van der Waals surface area (Å²) in [7, 11) is 0. The third kappa shape index (κ3) is 4.03. The Morgan fingerprint density at radius 1 is 0.759 bits per heavy atom. The van der Waals surface area contributed by atoms with Gasteiger partial charge in [0.05, 0.1) is 11.4 Å². The number of hydrogen-bond donors (Lipinski definition) is 1. The molecule has 0 aliphatic rings. The van der Waals surface area contributed by atoms with E-state index in [0.717, 1.165) is 0 Å². The van der Waals surface area contributed by atoms with E-state index in [0.29, 0.717) is 22.6 Å². The standard InChI is InChI=1S/C22H14F3N3O/c23-15-3-1-14(2-4-15)20-13-21(22(29)26-18-9-5-16(24)6-10-18)28(27-20)19-11-7-17(25)8-12-19/h1-13H,(H,26,29). The lowest BCUT2D eigenvalue weighted by molar-refractivity contribution is 0.101. The van der Waals surface area contributed by atoms with E-state index in [9.17, 15) is 18.0 Å². The van der Waals surface area contributed by atoms with Gasteiger partial charge in [-0.2, -0.15) is 5.10 Å². The quantitative estimate of drug-likeness (QED) is 0.517. The van der Waals surface area contributed by atoms with E-state index >= 15 is 0 Å². The van der Waals surface area contributed by atoms with Crippen LogP contribution < -0.4 is 5.32 Å². The number of rotatable bonds is 4. The second kappa shape index (κ2) is 7.63. The molecule has 1 N–H and O–H groups in total. The minimum atomic E-state index is -0.484. The van der Waals surface area contributed by atoms with E-state index in [2.05, 4.69) is 10.4 Å². The van der Waals surface area contributed by atoms with Crippen LogP contribution in [0, 0.1) is 17.5 Å². The van der Waals surface area contributed by atoms with E-state index in [1.54, 1.807) is 18.2 Å². The molecule has 4 nitrogen and oxygen atoms in total. The van der Waals surface area contributed by atoms with Gasteiger partial charge in [-0.25, -0.2) is 17.9 Å². The Morgan fingerprint density at radius 2 is 1.28 bits per heavy atom. The van der Waals surface area contributed by atoms with Gasteiger partial charge in [0.1, 0.15) is 23.1 Å². The van der Waals surface area contributed by atoms with Crippen molar-refractivity contribution in [3.8, 4) is 16.9 Å². The van der Waals surface area contributed by atoms with Crippen molar-refractivity contribution in [3.63, 3.8) is 0 Å². The first-order valence-electron chi connectivity index (χ1n) is 8.68. The first kappa shape index (κ1) is 18.5. The number of carbonyl (C=O) groups is 1. The second-order valence-corrected chi connectivity index (χ2v) is 6.27. The topological polar surface area (TPSA) is 46.9 Å². The first-order valence-corrected chi connectivity index (χ1v) is 8.68. The fourth-order valence-corrected chi connectivity index (χ4v) is 2.81. The van der Waals surface area contributed by atoms with E-state index in [1.807, 2.05) is 0 Å². The molecule has 4 rings (SSSR count). The Kier molecular flexibility index (Phi) is 4.87. The van der Waals surface area contributed by atoms with Gasteiger partial charge in [0.15, 0.2) is 0 Å². The molecule has 0 fully saturated rings. The van der Waals surface area contributed by atoms with Crippen LogP contribution in [0.2, 0.25) is 0 Å². The average molecular weight is 393 g/mol. The molecule has 1 aromatic heterocycles. The van der Waals surface area contributed by atoms with Crippen LogP contribution in [0.1, 0.15) is 10.5 Å². The number of anilines is 1. The summed E-state index contributed by atoms with van der Waals surface area (Å²) >= 11 is 0. The molecule has 0 saturated carbocycles. The minimum Gasteiger partial charge on any atom is -0.321 e. The smallest absolute Gasteiger partial charge is 0.274 e. The minimum absolute atomic E-state index is 0.181. The van der Waals surface area contributed by atoms with Crippen LogP contribution >= 0.6 is 0 Å². The van der Waals surface area contributed by atoms with E-state index in [-0.39, 0.29) is 11.5 Å². The van der Waals surface area contributed by atoms with Crippen molar-refractivity contribution in [2.45, 2.75) is 0 Å². The van der Waals surface area contributed by atoms with Crippen LogP contribution in [0.25, 0.3) is 16.9 Å². The summed E-state index contributed by atoms with van der Waals surface area (Å²) in [6, 6.07) is 18.1. The summed E-state index contributed by atoms with van der Waals surface area (Å²) in [5, 5.41) is 7.12. The molecular formula is C22H14F3N3O. The molecule has 0 bridgehead atoms. The van der Waals surface area contributed by atoms with Crippen molar-refractivity contribution in [1.82, 2.24) is 9.78 Å². The van der Waals surface area contributed by atoms with Crippen LogP contribution in [-0.4, -0.2) is 15.7 Å². The van der Waals surface area contributed by atoms with Gasteiger partial charge in [-0.05, 0) is 78.9 Å². The van der Waals surface area contributed by atoms with Crippen LogP contribution in [0.15, 0.2) is 78.9 Å². The summed E-state index contributed by atoms with van der Waals surface area (Å²) in [6.45, 7) is 0. The predicted octanol–water partition coefficient (Wildman–Crippen LogP) is 5.21. The highest BCUT2D eigenvalue weighted by atomic mass is 19.1. The highest BCUT2D eigenvalue weighted by Crippen LogP contribution is 2.23. The number of aromatic nitrogens is 2. The van der Waals surface area contributed by atoms with Crippen molar-refractivity contribution in [1.29, 1.82) is 0 Å². The Bertz CT molecular complexity index is 1150. The fraction of sp³-hybridized carbons (Fsp3) is 0. The highest BCUT2D eigenvalue weighted by molar-refractivity contribution is 6.04. The maximum atomic E-state index is 13.3. The zero-order valence-corrected chi connectivity index (χ0v) is 14.9. The third-order valence-electron chi connectivity index (χ3n) is 4.26. The largest absolute Gasteiger partial charge is 0.321 e. The molecule has 0 saturated heterocycles. The zero-order valence-electron chi connectivity index (χ0n) is 14.9. The molecule has 0 atom stereocenters. The molecule has 4 aromatic rings. The summed E-state index contributed by atoms with van der Waals surface area (Å²) < 4.78 is 41.0. The van der Waals surface area contributed by atoms with Gasteiger partial charge in [-0.1, -0.05) is 0 Å². The molecule has 7 heteroatoms. The molecule has 1 amide bonds. The Morgan fingerprint density at radius 3 is 1.86 bits per heavy atom. The van der Waals surface area contributed by atoms with Gasteiger partial charge >= 0.3 is 0 Å². The Labute approximate surface area is 164 Å². The molecule has 0 radical (unpaired) electrons. The summed E-state index contributed by atoms with van der Waals surface area (Å²) in [5.41, 5.74) is 2.12. The van der Waals surface area contributed by atoms with E-state index in [1.165, 1.54) is 65.3 Å². The molecule has 29 heavy (non-hydrogen) atoms.